The van der Waals surface area contributed by atoms with E-state index in [0.717, 1.165) is 0 Å². The molecule has 1 amide bonds. The van der Waals surface area contributed by atoms with Gasteiger partial charge in [0.05, 0.1) is 18.2 Å². The van der Waals surface area contributed by atoms with Crippen LogP contribution in [0.3, 0.4) is 0 Å². The number of anilines is 1. The summed E-state index contributed by atoms with van der Waals surface area (Å²) in [5.74, 6) is -0.832. The van der Waals surface area contributed by atoms with E-state index in [0.29, 0.717) is 16.3 Å². The van der Waals surface area contributed by atoms with Crippen LogP contribution in [0, 0.1) is 0 Å². The average molecular weight is 304 g/mol. The van der Waals surface area contributed by atoms with Crippen LogP contribution in [0.1, 0.15) is 20.7 Å². The number of rotatable bonds is 3. The summed E-state index contributed by atoms with van der Waals surface area (Å²) in [6.45, 7) is 0. The van der Waals surface area contributed by atoms with Crippen molar-refractivity contribution in [2.75, 3.05) is 19.1 Å². The lowest BCUT2D eigenvalue weighted by Gasteiger charge is -2.18. The molecule has 2 aromatic carbocycles. The molecule has 108 valence electrons. The van der Waals surface area contributed by atoms with Gasteiger partial charge in [-0.15, -0.1) is 0 Å². The molecule has 0 aliphatic heterocycles. The summed E-state index contributed by atoms with van der Waals surface area (Å²) in [5.41, 5.74) is 1.22. The van der Waals surface area contributed by atoms with Crippen molar-refractivity contribution in [3.05, 3.63) is 64.7 Å². The lowest BCUT2D eigenvalue weighted by molar-refractivity contribution is 0.0597. The number of nitrogens with zero attached hydrogens (tertiary/aromatic N) is 1. The Kier molecular flexibility index (Phi) is 4.60. The van der Waals surface area contributed by atoms with Gasteiger partial charge in [-0.05, 0) is 36.4 Å². The summed E-state index contributed by atoms with van der Waals surface area (Å²) in [6, 6.07) is 13.4. The van der Waals surface area contributed by atoms with Gasteiger partial charge >= 0.3 is 5.97 Å². The number of amides is 1. The van der Waals surface area contributed by atoms with Crippen LogP contribution in [-0.4, -0.2) is 26.0 Å². The van der Waals surface area contributed by atoms with Gasteiger partial charge in [-0.3, -0.25) is 4.79 Å². The first-order chi connectivity index (χ1) is 10.0. The number of hydrogen-bond donors (Lipinski definition) is 0. The predicted molar refractivity (Wildman–Crippen MR) is 82.0 cm³/mol. The summed E-state index contributed by atoms with van der Waals surface area (Å²) in [4.78, 5) is 25.7. The van der Waals surface area contributed by atoms with E-state index >= 15 is 0 Å². The number of methoxy groups -OCH3 is 1. The van der Waals surface area contributed by atoms with Crippen molar-refractivity contribution in [2.24, 2.45) is 0 Å². The molecule has 0 bridgehead atoms. The van der Waals surface area contributed by atoms with Crippen molar-refractivity contribution < 1.29 is 14.3 Å². The van der Waals surface area contributed by atoms with Crippen LogP contribution in [0.4, 0.5) is 5.69 Å². The number of esters is 1. The third-order valence-corrected chi connectivity index (χ3v) is 3.33. The van der Waals surface area contributed by atoms with Gasteiger partial charge in [0.1, 0.15) is 0 Å². The van der Waals surface area contributed by atoms with Gasteiger partial charge in [0.2, 0.25) is 0 Å². The SMILES string of the molecule is COC(=O)c1ccccc1C(=O)N(C)c1ccc(Cl)cc1. The van der Waals surface area contributed by atoms with Crippen molar-refractivity contribution in [3.63, 3.8) is 0 Å². The first kappa shape index (κ1) is 15.1. The van der Waals surface area contributed by atoms with Gasteiger partial charge in [-0.2, -0.15) is 0 Å². The Hall–Kier alpha value is -2.33. The fourth-order valence-electron chi connectivity index (χ4n) is 1.92. The van der Waals surface area contributed by atoms with Crippen molar-refractivity contribution in [2.45, 2.75) is 0 Å². The summed E-state index contributed by atoms with van der Waals surface area (Å²) < 4.78 is 4.70. The summed E-state index contributed by atoms with van der Waals surface area (Å²) in [5, 5.41) is 0.592. The first-order valence-electron chi connectivity index (χ1n) is 6.25. The molecule has 0 atom stereocenters. The van der Waals surface area contributed by atoms with Gasteiger partial charge in [0.15, 0.2) is 0 Å². The van der Waals surface area contributed by atoms with E-state index in [4.69, 9.17) is 16.3 Å². The van der Waals surface area contributed by atoms with Crippen molar-refractivity contribution in [1.82, 2.24) is 0 Å². The minimum absolute atomic E-state index is 0.241. The minimum Gasteiger partial charge on any atom is -0.465 e. The number of benzene rings is 2. The van der Waals surface area contributed by atoms with Crippen molar-refractivity contribution in [1.29, 1.82) is 0 Å². The average Bonchev–Trinajstić information content (AvgIpc) is 2.53. The van der Waals surface area contributed by atoms with E-state index in [1.165, 1.54) is 12.0 Å². The Balaban J connectivity index is 2.36. The van der Waals surface area contributed by atoms with Gasteiger partial charge in [0, 0.05) is 17.8 Å². The lowest BCUT2D eigenvalue weighted by Crippen LogP contribution is -2.28. The zero-order chi connectivity index (χ0) is 15.4. The highest BCUT2D eigenvalue weighted by Crippen LogP contribution is 2.20. The molecule has 0 heterocycles. The second-order valence-corrected chi connectivity index (χ2v) is 4.81. The molecule has 0 saturated heterocycles. The zero-order valence-electron chi connectivity index (χ0n) is 11.7. The predicted octanol–water partition coefficient (Wildman–Crippen LogP) is 3.40. The highest BCUT2D eigenvalue weighted by atomic mass is 35.5. The number of halogens is 1. The molecule has 0 N–H and O–H groups in total. The molecule has 4 nitrogen and oxygen atoms in total. The molecule has 21 heavy (non-hydrogen) atoms. The molecule has 0 unspecified atom stereocenters. The number of carbonyl (C=O) groups excluding carboxylic acids is 2. The molecule has 0 fully saturated rings. The smallest absolute Gasteiger partial charge is 0.338 e. The summed E-state index contributed by atoms with van der Waals surface area (Å²) in [6.07, 6.45) is 0. The molecule has 0 radical (unpaired) electrons. The molecule has 0 aliphatic carbocycles. The van der Waals surface area contributed by atoms with Crippen LogP contribution < -0.4 is 4.90 Å². The van der Waals surface area contributed by atoms with Crippen LogP contribution in [0.25, 0.3) is 0 Å². The number of ether oxygens (including phenoxy) is 1. The Bertz CT molecular complexity index is 667. The second kappa shape index (κ2) is 6.41. The van der Waals surface area contributed by atoms with Crippen LogP contribution >= 0.6 is 11.6 Å². The monoisotopic (exact) mass is 303 g/mol. The van der Waals surface area contributed by atoms with E-state index in [2.05, 4.69) is 0 Å². The van der Waals surface area contributed by atoms with Gasteiger partial charge < -0.3 is 9.64 Å². The van der Waals surface area contributed by atoms with Crippen LogP contribution in [0.5, 0.6) is 0 Å². The summed E-state index contributed by atoms with van der Waals surface area (Å²) in [7, 11) is 2.92. The minimum atomic E-state index is -0.538. The second-order valence-electron chi connectivity index (χ2n) is 4.38. The summed E-state index contributed by atoms with van der Waals surface area (Å²) >= 11 is 5.83. The van der Waals surface area contributed by atoms with Gasteiger partial charge in [-0.25, -0.2) is 4.79 Å². The fourth-order valence-corrected chi connectivity index (χ4v) is 2.05. The quantitative estimate of drug-likeness (QED) is 0.816. The molecule has 2 aromatic rings. The number of hydrogen-bond acceptors (Lipinski definition) is 3. The van der Waals surface area contributed by atoms with E-state index in [1.54, 1.807) is 55.6 Å². The third-order valence-electron chi connectivity index (χ3n) is 3.08. The first-order valence-corrected chi connectivity index (χ1v) is 6.63. The lowest BCUT2D eigenvalue weighted by atomic mass is 10.1. The van der Waals surface area contributed by atoms with Crippen LogP contribution in [0.2, 0.25) is 5.02 Å². The maximum atomic E-state index is 12.6. The van der Waals surface area contributed by atoms with E-state index in [-0.39, 0.29) is 11.5 Å². The topological polar surface area (TPSA) is 46.6 Å². The van der Waals surface area contributed by atoms with Crippen molar-refractivity contribution >= 4 is 29.2 Å². The highest BCUT2D eigenvalue weighted by molar-refractivity contribution is 6.30. The molecule has 5 heteroatoms. The molecular formula is C16H14ClNO3. The fraction of sp³-hybridized carbons (Fsp3) is 0.125. The molecule has 0 aromatic heterocycles. The Morgan fingerprint density at radius 3 is 2.14 bits per heavy atom. The normalized spacial score (nSPS) is 10.0. The van der Waals surface area contributed by atoms with Gasteiger partial charge in [-0.1, -0.05) is 23.7 Å². The van der Waals surface area contributed by atoms with Crippen LogP contribution in [0.15, 0.2) is 48.5 Å². The van der Waals surface area contributed by atoms with Gasteiger partial charge in [0.25, 0.3) is 5.91 Å². The Morgan fingerprint density at radius 2 is 1.57 bits per heavy atom. The molecule has 0 saturated carbocycles. The van der Waals surface area contributed by atoms with E-state index in [9.17, 15) is 9.59 Å². The van der Waals surface area contributed by atoms with E-state index in [1.807, 2.05) is 0 Å². The molecule has 0 aliphatic rings. The zero-order valence-corrected chi connectivity index (χ0v) is 12.4. The molecular weight excluding hydrogens is 290 g/mol. The van der Waals surface area contributed by atoms with Crippen molar-refractivity contribution in [3.8, 4) is 0 Å². The largest absolute Gasteiger partial charge is 0.465 e. The molecule has 0 spiro atoms. The third kappa shape index (κ3) is 3.23. The maximum absolute atomic E-state index is 12.6. The Labute approximate surface area is 127 Å². The Morgan fingerprint density at radius 1 is 1.00 bits per heavy atom. The van der Waals surface area contributed by atoms with Crippen LogP contribution in [-0.2, 0) is 4.74 Å². The highest BCUT2D eigenvalue weighted by Gasteiger charge is 2.20. The standard InChI is InChI=1S/C16H14ClNO3/c1-18(12-9-7-11(17)8-10-12)15(19)13-5-3-4-6-14(13)16(20)21-2/h3-10H,1-2H3. The maximum Gasteiger partial charge on any atom is 0.338 e. The van der Waals surface area contributed by atoms with E-state index < -0.39 is 5.97 Å². The number of carbonyl (C=O) groups is 2. The molecule has 2 rings (SSSR count).